The fourth-order valence-corrected chi connectivity index (χ4v) is 2.41. The van der Waals surface area contributed by atoms with Gasteiger partial charge in [-0.3, -0.25) is 20.1 Å². The lowest BCUT2D eigenvalue weighted by atomic mass is 10.3. The highest BCUT2D eigenvalue weighted by Gasteiger charge is 2.15. The van der Waals surface area contributed by atoms with E-state index in [0.717, 1.165) is 11.8 Å². The van der Waals surface area contributed by atoms with Crippen molar-refractivity contribution in [3.05, 3.63) is 58.4 Å². The van der Waals surface area contributed by atoms with Crippen molar-refractivity contribution in [1.82, 2.24) is 9.97 Å². The number of rotatable bonds is 4. The van der Waals surface area contributed by atoms with Crippen molar-refractivity contribution in [3.8, 4) is 0 Å². The van der Waals surface area contributed by atoms with Gasteiger partial charge in [0.05, 0.1) is 21.9 Å². The van der Waals surface area contributed by atoms with Crippen molar-refractivity contribution < 1.29 is 9.31 Å². The van der Waals surface area contributed by atoms with Gasteiger partial charge in [0, 0.05) is 29.6 Å². The lowest BCUT2D eigenvalue weighted by Gasteiger charge is -2.10. The SMILES string of the molecule is C[C@H](Sc1ccc([N+](=O)[O-])cc1F)c1cnccn1. The van der Waals surface area contributed by atoms with Crippen LogP contribution < -0.4 is 0 Å². The van der Waals surface area contributed by atoms with E-state index in [9.17, 15) is 14.5 Å². The molecule has 19 heavy (non-hydrogen) atoms. The summed E-state index contributed by atoms with van der Waals surface area (Å²) in [6.45, 7) is 1.87. The van der Waals surface area contributed by atoms with E-state index in [2.05, 4.69) is 9.97 Å². The molecule has 0 fully saturated rings. The summed E-state index contributed by atoms with van der Waals surface area (Å²) in [4.78, 5) is 18.3. The van der Waals surface area contributed by atoms with Crippen LogP contribution in [0.4, 0.5) is 10.1 Å². The number of nitro groups is 1. The zero-order valence-corrected chi connectivity index (χ0v) is 10.8. The first kappa shape index (κ1) is 13.4. The normalized spacial score (nSPS) is 12.1. The maximum absolute atomic E-state index is 13.7. The molecule has 1 aromatic carbocycles. The van der Waals surface area contributed by atoms with E-state index in [1.165, 1.54) is 23.9 Å². The minimum absolute atomic E-state index is 0.0929. The molecule has 0 bridgehead atoms. The third kappa shape index (κ3) is 3.25. The Bertz CT molecular complexity index is 595. The predicted octanol–water partition coefficient (Wildman–Crippen LogP) is 3.38. The van der Waals surface area contributed by atoms with Crippen LogP contribution in [0.2, 0.25) is 0 Å². The maximum Gasteiger partial charge on any atom is 0.272 e. The quantitative estimate of drug-likeness (QED) is 0.487. The summed E-state index contributed by atoms with van der Waals surface area (Å²) in [5.74, 6) is -0.602. The van der Waals surface area contributed by atoms with Gasteiger partial charge in [-0.15, -0.1) is 11.8 Å². The summed E-state index contributed by atoms with van der Waals surface area (Å²) in [5.41, 5.74) is 0.472. The van der Waals surface area contributed by atoms with Crippen LogP contribution in [0.15, 0.2) is 41.7 Å². The predicted molar refractivity (Wildman–Crippen MR) is 69.4 cm³/mol. The third-order valence-electron chi connectivity index (χ3n) is 2.43. The third-order valence-corrected chi connectivity index (χ3v) is 3.61. The van der Waals surface area contributed by atoms with Crippen LogP contribution in [0, 0.1) is 15.9 Å². The molecule has 0 aliphatic heterocycles. The number of nitrogens with zero attached hydrogens (tertiary/aromatic N) is 3. The van der Waals surface area contributed by atoms with Crippen LogP contribution in [0.25, 0.3) is 0 Å². The highest BCUT2D eigenvalue weighted by atomic mass is 32.2. The molecule has 5 nitrogen and oxygen atoms in total. The van der Waals surface area contributed by atoms with E-state index in [1.807, 2.05) is 6.92 Å². The van der Waals surface area contributed by atoms with Gasteiger partial charge in [0.15, 0.2) is 0 Å². The van der Waals surface area contributed by atoms with Crippen LogP contribution in [0.3, 0.4) is 0 Å². The Hall–Kier alpha value is -2.02. The van der Waals surface area contributed by atoms with Gasteiger partial charge in [-0.1, -0.05) is 0 Å². The summed E-state index contributed by atoms with van der Waals surface area (Å²) < 4.78 is 13.7. The van der Waals surface area contributed by atoms with Crippen LogP contribution in [0.1, 0.15) is 17.9 Å². The standard InChI is InChI=1S/C12H10FN3O2S/c1-8(11-7-14-4-5-15-11)19-12-3-2-9(16(17)18)6-10(12)13/h2-8H,1H3/t8-/m0/s1. The largest absolute Gasteiger partial charge is 0.272 e. The first-order valence-electron chi connectivity index (χ1n) is 5.44. The molecular weight excluding hydrogens is 269 g/mol. The van der Waals surface area contributed by atoms with Gasteiger partial charge in [0.2, 0.25) is 0 Å². The van der Waals surface area contributed by atoms with Crippen molar-refractivity contribution in [2.45, 2.75) is 17.1 Å². The van der Waals surface area contributed by atoms with E-state index >= 15 is 0 Å². The van der Waals surface area contributed by atoms with E-state index in [1.54, 1.807) is 18.6 Å². The number of hydrogen-bond donors (Lipinski definition) is 0. The fourth-order valence-electron chi connectivity index (χ4n) is 1.47. The molecular formula is C12H10FN3O2S. The van der Waals surface area contributed by atoms with Crippen LogP contribution in [-0.4, -0.2) is 14.9 Å². The van der Waals surface area contributed by atoms with E-state index in [0.29, 0.717) is 4.90 Å². The summed E-state index contributed by atoms with van der Waals surface area (Å²) in [6, 6.07) is 3.62. The monoisotopic (exact) mass is 279 g/mol. The molecule has 0 aliphatic carbocycles. The number of aromatic nitrogens is 2. The molecule has 0 saturated carbocycles. The van der Waals surface area contributed by atoms with Crippen LogP contribution >= 0.6 is 11.8 Å². The lowest BCUT2D eigenvalue weighted by Crippen LogP contribution is -1.95. The van der Waals surface area contributed by atoms with Crippen molar-refractivity contribution in [2.75, 3.05) is 0 Å². The topological polar surface area (TPSA) is 68.9 Å². The van der Waals surface area contributed by atoms with Crippen LogP contribution in [-0.2, 0) is 0 Å². The Morgan fingerprint density at radius 3 is 2.79 bits per heavy atom. The summed E-state index contributed by atoms with van der Waals surface area (Å²) >= 11 is 1.24. The van der Waals surface area contributed by atoms with E-state index in [4.69, 9.17) is 0 Å². The number of thioether (sulfide) groups is 1. The lowest BCUT2D eigenvalue weighted by molar-refractivity contribution is -0.385. The second-order valence-corrected chi connectivity index (χ2v) is 5.14. The molecule has 0 aliphatic rings. The molecule has 1 aromatic heterocycles. The number of hydrogen-bond acceptors (Lipinski definition) is 5. The molecule has 0 unspecified atom stereocenters. The Labute approximate surface area is 113 Å². The average molecular weight is 279 g/mol. The molecule has 2 rings (SSSR count). The Morgan fingerprint density at radius 1 is 1.42 bits per heavy atom. The Kier molecular flexibility index (Phi) is 4.06. The van der Waals surface area contributed by atoms with Gasteiger partial charge in [0.1, 0.15) is 5.82 Å². The molecule has 7 heteroatoms. The molecule has 0 amide bonds. The first-order chi connectivity index (χ1) is 9.08. The van der Waals surface area contributed by atoms with Crippen molar-refractivity contribution >= 4 is 17.4 Å². The van der Waals surface area contributed by atoms with Gasteiger partial charge in [-0.05, 0) is 13.0 Å². The number of halogens is 1. The molecule has 0 saturated heterocycles. The second-order valence-electron chi connectivity index (χ2n) is 3.76. The summed E-state index contributed by atoms with van der Waals surface area (Å²) in [6.07, 6.45) is 4.74. The minimum atomic E-state index is -0.621. The van der Waals surface area contributed by atoms with Crippen molar-refractivity contribution in [1.29, 1.82) is 0 Å². The van der Waals surface area contributed by atoms with Gasteiger partial charge in [0.25, 0.3) is 5.69 Å². The molecule has 2 aromatic rings. The highest BCUT2D eigenvalue weighted by Crippen LogP contribution is 2.35. The first-order valence-corrected chi connectivity index (χ1v) is 6.32. The van der Waals surface area contributed by atoms with E-state index in [-0.39, 0.29) is 10.9 Å². The van der Waals surface area contributed by atoms with Gasteiger partial charge < -0.3 is 0 Å². The molecule has 0 spiro atoms. The van der Waals surface area contributed by atoms with Gasteiger partial charge in [-0.2, -0.15) is 0 Å². The number of benzene rings is 1. The maximum atomic E-state index is 13.7. The summed E-state index contributed by atoms with van der Waals surface area (Å²) in [7, 11) is 0. The zero-order chi connectivity index (χ0) is 13.8. The fraction of sp³-hybridized carbons (Fsp3) is 0.167. The molecule has 1 atom stereocenters. The molecule has 98 valence electrons. The second kappa shape index (κ2) is 5.75. The summed E-state index contributed by atoms with van der Waals surface area (Å²) in [5, 5.41) is 10.4. The van der Waals surface area contributed by atoms with E-state index < -0.39 is 10.7 Å². The molecule has 1 heterocycles. The molecule has 0 N–H and O–H groups in total. The van der Waals surface area contributed by atoms with Crippen molar-refractivity contribution in [3.63, 3.8) is 0 Å². The minimum Gasteiger partial charge on any atom is -0.261 e. The average Bonchev–Trinajstić information content (AvgIpc) is 2.41. The Balaban J connectivity index is 2.18. The zero-order valence-electron chi connectivity index (χ0n) is 9.99. The van der Waals surface area contributed by atoms with Crippen molar-refractivity contribution in [2.24, 2.45) is 0 Å². The Morgan fingerprint density at radius 2 is 2.21 bits per heavy atom. The van der Waals surface area contributed by atoms with Gasteiger partial charge >= 0.3 is 0 Å². The smallest absolute Gasteiger partial charge is 0.261 e. The number of nitro benzene ring substituents is 1. The molecule has 0 radical (unpaired) electrons. The number of non-ortho nitro benzene ring substituents is 1. The van der Waals surface area contributed by atoms with Gasteiger partial charge in [-0.25, -0.2) is 4.39 Å². The highest BCUT2D eigenvalue weighted by molar-refractivity contribution is 7.99. The van der Waals surface area contributed by atoms with Crippen LogP contribution in [0.5, 0.6) is 0 Å².